The molecule has 0 spiro atoms. The van der Waals surface area contributed by atoms with Crippen LogP contribution in [0, 0.1) is 82.9 Å². The molecule has 6 rings (SSSR count). The van der Waals surface area contributed by atoms with Crippen molar-refractivity contribution in [3.05, 3.63) is 84.2 Å². The summed E-state index contributed by atoms with van der Waals surface area (Å²) in [7, 11) is 0. The molecule has 0 bridgehead atoms. The Hall–Kier alpha value is -2.39. The van der Waals surface area contributed by atoms with Gasteiger partial charge in [-0.05, 0) is 135 Å². The molecule has 9 unspecified atom stereocenters. The highest BCUT2D eigenvalue weighted by atomic mass is 16.7. The minimum absolute atomic E-state index is 0.162. The summed E-state index contributed by atoms with van der Waals surface area (Å²) >= 11 is 0. The van der Waals surface area contributed by atoms with Gasteiger partial charge in [-0.3, -0.25) is 4.79 Å². The molecule has 6 aliphatic carbocycles. The van der Waals surface area contributed by atoms with E-state index < -0.39 is 0 Å². The second-order valence-electron chi connectivity index (χ2n) is 18.7. The predicted octanol–water partition coefficient (Wildman–Crippen LogP) is 12.3. The van der Waals surface area contributed by atoms with Crippen molar-refractivity contribution >= 4 is 5.78 Å². The van der Waals surface area contributed by atoms with Gasteiger partial charge < -0.3 is 9.47 Å². The number of allylic oxidation sites excluding steroid dienone is 14. The summed E-state index contributed by atoms with van der Waals surface area (Å²) in [5.74, 6) is 8.53. The van der Waals surface area contributed by atoms with E-state index in [0.717, 1.165) is 50.7 Å². The lowest BCUT2D eigenvalue weighted by atomic mass is 9.66. The Balaban J connectivity index is 1.17. The Morgan fingerprint density at radius 1 is 0.686 bits per heavy atom. The van der Waals surface area contributed by atoms with Crippen molar-refractivity contribution in [3.8, 4) is 0 Å². The van der Waals surface area contributed by atoms with Crippen LogP contribution < -0.4 is 0 Å². The maximum absolute atomic E-state index is 13.4. The summed E-state index contributed by atoms with van der Waals surface area (Å²) in [5.41, 5.74) is 1.59. The van der Waals surface area contributed by atoms with Gasteiger partial charge in [0.15, 0.2) is 5.78 Å². The van der Waals surface area contributed by atoms with E-state index in [1.54, 1.807) is 5.57 Å². The minimum Gasteiger partial charge on any atom is -0.469 e. The number of hydrogen-bond donors (Lipinski definition) is 0. The zero-order valence-corrected chi connectivity index (χ0v) is 33.3. The van der Waals surface area contributed by atoms with Gasteiger partial charge in [0.25, 0.3) is 0 Å². The van der Waals surface area contributed by atoms with Gasteiger partial charge in [0.1, 0.15) is 0 Å². The largest absolute Gasteiger partial charge is 0.469 e. The molecule has 2 saturated carbocycles. The van der Waals surface area contributed by atoms with E-state index >= 15 is 0 Å². The maximum atomic E-state index is 13.4. The monoisotopic (exact) mass is 695 g/mol. The predicted molar refractivity (Wildman–Crippen MR) is 212 cm³/mol. The molecule has 0 saturated heterocycles. The molecule has 0 N–H and O–H groups in total. The number of ketones is 1. The number of rotatable bonds is 14. The average Bonchev–Trinajstić information content (AvgIpc) is 3.44. The number of fused-ring (bicyclic) bond motifs is 3. The third-order valence-corrected chi connectivity index (χ3v) is 13.7. The molecule has 0 aromatic heterocycles. The number of carbonyl (C=O) groups excluding carboxylic acids is 1. The highest BCUT2D eigenvalue weighted by molar-refractivity contribution is 5.92. The highest BCUT2D eigenvalue weighted by Crippen LogP contribution is 2.54. The zero-order valence-electron chi connectivity index (χ0n) is 33.3. The first-order chi connectivity index (χ1) is 24.5. The van der Waals surface area contributed by atoms with E-state index in [1.165, 1.54) is 12.8 Å². The van der Waals surface area contributed by atoms with E-state index in [1.807, 2.05) is 6.08 Å². The second kappa shape index (κ2) is 17.2. The van der Waals surface area contributed by atoms with Crippen molar-refractivity contribution in [1.82, 2.24) is 0 Å². The normalized spacial score (nSPS) is 34.9. The van der Waals surface area contributed by atoms with Gasteiger partial charge in [-0.15, -0.1) is 0 Å². The second-order valence-corrected chi connectivity index (χ2v) is 18.7. The van der Waals surface area contributed by atoms with Crippen LogP contribution >= 0.6 is 0 Å². The molecular weight excluding hydrogens is 625 g/mol. The van der Waals surface area contributed by atoms with Crippen LogP contribution in [0.25, 0.3) is 0 Å². The Kier molecular flexibility index (Phi) is 12.9. The van der Waals surface area contributed by atoms with Gasteiger partial charge in [-0.1, -0.05) is 122 Å². The standard InChI is InChI=1S/C48H70O3/c1-30(2)27-43(32(5)6)34-17-22-37(23-18-34)50-48(47-41-15-11-9-13-39(41)40-14-10-12-16-42(40)47)51-38-24-19-35(20-25-38)45-29-36(21-26-46(45)49)44(33(7)8)28-31(3)4/h9-17,21-22,26,30-33,35-36,38-45,47-48H,18-20,23-25,27-29H2,1-8H3. The molecule has 3 heteroatoms. The van der Waals surface area contributed by atoms with Crippen LogP contribution in [-0.4, -0.2) is 18.2 Å². The summed E-state index contributed by atoms with van der Waals surface area (Å²) in [6, 6.07) is 0. The average molecular weight is 695 g/mol. The number of ether oxygens (including phenoxy) is 2. The molecule has 0 heterocycles. The summed E-state index contributed by atoms with van der Waals surface area (Å²) in [4.78, 5) is 13.4. The maximum Gasteiger partial charge on any atom is 0.203 e. The summed E-state index contributed by atoms with van der Waals surface area (Å²) in [5, 5.41) is 0. The zero-order chi connectivity index (χ0) is 36.2. The molecule has 51 heavy (non-hydrogen) atoms. The fourth-order valence-corrected chi connectivity index (χ4v) is 11.1. The lowest BCUT2D eigenvalue weighted by Gasteiger charge is -2.40. The van der Waals surface area contributed by atoms with E-state index in [0.29, 0.717) is 76.8 Å². The van der Waals surface area contributed by atoms with Crippen LogP contribution in [0.5, 0.6) is 0 Å². The van der Waals surface area contributed by atoms with Crippen molar-refractivity contribution in [2.45, 2.75) is 126 Å². The third-order valence-electron chi connectivity index (χ3n) is 13.7. The van der Waals surface area contributed by atoms with Crippen LogP contribution in [-0.2, 0) is 14.3 Å². The van der Waals surface area contributed by atoms with Crippen LogP contribution in [0.2, 0.25) is 0 Å². The van der Waals surface area contributed by atoms with Crippen molar-refractivity contribution < 1.29 is 14.3 Å². The van der Waals surface area contributed by atoms with Gasteiger partial charge in [0.05, 0.1) is 11.9 Å². The fraction of sp³-hybridized carbons (Fsp3) is 0.688. The van der Waals surface area contributed by atoms with E-state index in [2.05, 4.69) is 122 Å². The molecule has 0 aromatic carbocycles. The Bertz CT molecular complexity index is 1360. The molecule has 2 fully saturated rings. The summed E-state index contributed by atoms with van der Waals surface area (Å²) < 4.78 is 14.4. The van der Waals surface area contributed by atoms with Gasteiger partial charge in [0, 0.05) is 18.3 Å². The molecule has 9 atom stereocenters. The SMILES string of the molecule is CC(C)CC(C1=CC=C(OC(OC2CCC(C3CC(C(CC(C)C)C(C)C)C=CC3=O)CC2)C2C3C=CC=CC3C3C=CC=CC32)CC1)C(C)C. The van der Waals surface area contributed by atoms with Crippen molar-refractivity contribution in [3.63, 3.8) is 0 Å². The first kappa shape index (κ1) is 38.3. The molecule has 0 aliphatic heterocycles. The van der Waals surface area contributed by atoms with Crippen LogP contribution in [0.15, 0.2) is 84.2 Å². The molecule has 280 valence electrons. The molecular formula is C48H70O3. The Morgan fingerprint density at radius 2 is 1.29 bits per heavy atom. The quantitative estimate of drug-likeness (QED) is 0.170. The van der Waals surface area contributed by atoms with Crippen LogP contribution in [0.3, 0.4) is 0 Å². The molecule has 0 aromatic rings. The van der Waals surface area contributed by atoms with Crippen LogP contribution in [0.4, 0.5) is 0 Å². The Labute approximate surface area is 311 Å². The topological polar surface area (TPSA) is 35.5 Å². The molecule has 0 radical (unpaired) electrons. The summed E-state index contributed by atoms with van der Waals surface area (Å²) in [6.45, 7) is 18.9. The number of hydrogen-bond acceptors (Lipinski definition) is 3. The van der Waals surface area contributed by atoms with Crippen LogP contribution in [0.1, 0.15) is 113 Å². The minimum atomic E-state index is -0.287. The number of carbonyl (C=O) groups is 1. The summed E-state index contributed by atoms with van der Waals surface area (Å²) in [6.07, 6.45) is 37.1. The first-order valence-electron chi connectivity index (χ1n) is 21.1. The lowest BCUT2D eigenvalue weighted by Crippen LogP contribution is -2.39. The van der Waals surface area contributed by atoms with Gasteiger partial charge in [0.2, 0.25) is 6.29 Å². The van der Waals surface area contributed by atoms with Crippen molar-refractivity contribution in [2.24, 2.45) is 82.9 Å². The van der Waals surface area contributed by atoms with E-state index in [4.69, 9.17) is 9.47 Å². The van der Waals surface area contributed by atoms with Gasteiger partial charge in [-0.2, -0.15) is 0 Å². The smallest absolute Gasteiger partial charge is 0.203 e. The third kappa shape index (κ3) is 9.05. The van der Waals surface area contributed by atoms with E-state index in [9.17, 15) is 4.79 Å². The van der Waals surface area contributed by atoms with E-state index in [-0.39, 0.29) is 24.2 Å². The fourth-order valence-electron chi connectivity index (χ4n) is 11.1. The lowest BCUT2D eigenvalue weighted by molar-refractivity contribution is -0.196. The Morgan fingerprint density at radius 3 is 1.82 bits per heavy atom. The van der Waals surface area contributed by atoms with Gasteiger partial charge >= 0.3 is 0 Å². The van der Waals surface area contributed by atoms with Crippen molar-refractivity contribution in [1.29, 1.82) is 0 Å². The first-order valence-corrected chi connectivity index (χ1v) is 21.1. The molecule has 6 aliphatic rings. The van der Waals surface area contributed by atoms with Gasteiger partial charge in [-0.25, -0.2) is 0 Å². The highest BCUT2D eigenvalue weighted by Gasteiger charge is 2.52. The molecule has 0 amide bonds. The van der Waals surface area contributed by atoms with Crippen molar-refractivity contribution in [2.75, 3.05) is 0 Å². The molecule has 3 nitrogen and oxygen atoms in total.